The van der Waals surface area contributed by atoms with Crippen molar-refractivity contribution in [1.82, 2.24) is 4.90 Å². The fourth-order valence-corrected chi connectivity index (χ4v) is 2.04. The molecule has 0 saturated carbocycles. The second-order valence-corrected chi connectivity index (χ2v) is 4.39. The van der Waals surface area contributed by atoms with Crippen molar-refractivity contribution in [2.24, 2.45) is 0 Å². The molecular formula is C13H15NO4. The summed E-state index contributed by atoms with van der Waals surface area (Å²) in [5, 5.41) is 8.91. The van der Waals surface area contributed by atoms with E-state index < -0.39 is 18.1 Å². The van der Waals surface area contributed by atoms with E-state index in [4.69, 9.17) is 9.84 Å². The third-order valence-corrected chi connectivity index (χ3v) is 3.08. The first kappa shape index (κ1) is 12.4. The minimum Gasteiger partial charge on any atom is -0.480 e. The van der Waals surface area contributed by atoms with Crippen molar-refractivity contribution in [2.75, 3.05) is 0 Å². The number of carboxylic acids is 1. The highest BCUT2D eigenvalue weighted by Crippen LogP contribution is 2.26. The number of nitrogens with zero attached hydrogens (tertiary/aromatic N) is 1. The van der Waals surface area contributed by atoms with E-state index in [-0.39, 0.29) is 12.6 Å². The predicted molar refractivity (Wildman–Crippen MR) is 64.0 cm³/mol. The highest BCUT2D eigenvalue weighted by Gasteiger charge is 2.44. The topological polar surface area (TPSA) is 66.8 Å². The van der Waals surface area contributed by atoms with Crippen molar-refractivity contribution >= 4 is 12.1 Å². The van der Waals surface area contributed by atoms with Gasteiger partial charge in [-0.05, 0) is 18.9 Å². The van der Waals surface area contributed by atoms with Crippen LogP contribution in [0.25, 0.3) is 0 Å². The summed E-state index contributed by atoms with van der Waals surface area (Å²) in [6.07, 6.45) is -0.0829. The van der Waals surface area contributed by atoms with Gasteiger partial charge in [-0.1, -0.05) is 30.3 Å². The summed E-state index contributed by atoms with van der Waals surface area (Å²) in [6, 6.07) is 8.47. The molecular weight excluding hydrogens is 234 g/mol. The summed E-state index contributed by atoms with van der Waals surface area (Å²) >= 11 is 0. The molecule has 1 N–H and O–H groups in total. The lowest BCUT2D eigenvalue weighted by Gasteiger charge is -2.43. The van der Waals surface area contributed by atoms with Gasteiger partial charge in [0.1, 0.15) is 12.6 Å². The van der Waals surface area contributed by atoms with Crippen LogP contribution < -0.4 is 0 Å². The van der Waals surface area contributed by atoms with Gasteiger partial charge in [0, 0.05) is 6.04 Å². The number of carbonyl (C=O) groups excluding carboxylic acids is 1. The first-order valence-corrected chi connectivity index (χ1v) is 5.81. The Bertz CT molecular complexity index is 446. The van der Waals surface area contributed by atoms with E-state index in [0.29, 0.717) is 6.42 Å². The summed E-state index contributed by atoms with van der Waals surface area (Å²) < 4.78 is 5.11. The molecule has 0 unspecified atom stereocenters. The van der Waals surface area contributed by atoms with Gasteiger partial charge in [-0.3, -0.25) is 4.90 Å². The molecule has 1 aromatic carbocycles. The third kappa shape index (κ3) is 2.45. The normalized spacial score (nSPS) is 22.2. The SMILES string of the molecule is C[C@@H]1C[C@@H](C(=O)O)N1C(=O)OCc1ccccc1. The molecule has 1 aromatic rings. The van der Waals surface area contributed by atoms with Crippen LogP contribution in [0.2, 0.25) is 0 Å². The van der Waals surface area contributed by atoms with Crippen LogP contribution in [0.4, 0.5) is 4.79 Å². The molecule has 0 radical (unpaired) electrons. The van der Waals surface area contributed by atoms with Crippen LogP contribution in [0.1, 0.15) is 18.9 Å². The fourth-order valence-electron chi connectivity index (χ4n) is 2.04. The number of benzene rings is 1. The molecule has 1 aliphatic rings. The monoisotopic (exact) mass is 249 g/mol. The maximum Gasteiger partial charge on any atom is 0.411 e. The zero-order chi connectivity index (χ0) is 13.1. The van der Waals surface area contributed by atoms with E-state index in [1.165, 1.54) is 4.90 Å². The zero-order valence-corrected chi connectivity index (χ0v) is 10.1. The molecule has 1 saturated heterocycles. The molecule has 1 fully saturated rings. The van der Waals surface area contributed by atoms with Crippen LogP contribution in [0.5, 0.6) is 0 Å². The predicted octanol–water partition coefficient (Wildman–Crippen LogP) is 1.87. The van der Waals surface area contributed by atoms with Gasteiger partial charge in [-0.15, -0.1) is 0 Å². The number of amides is 1. The Morgan fingerprint density at radius 3 is 2.61 bits per heavy atom. The summed E-state index contributed by atoms with van der Waals surface area (Å²) in [4.78, 5) is 23.9. The minimum absolute atomic E-state index is 0.0747. The van der Waals surface area contributed by atoms with Crippen LogP contribution >= 0.6 is 0 Å². The van der Waals surface area contributed by atoms with Gasteiger partial charge >= 0.3 is 12.1 Å². The van der Waals surface area contributed by atoms with Gasteiger partial charge in [0.2, 0.25) is 0 Å². The van der Waals surface area contributed by atoms with Gasteiger partial charge in [0.25, 0.3) is 0 Å². The van der Waals surface area contributed by atoms with E-state index in [9.17, 15) is 9.59 Å². The molecule has 0 bridgehead atoms. The summed E-state index contributed by atoms with van der Waals surface area (Å²) in [6.45, 7) is 1.97. The van der Waals surface area contributed by atoms with E-state index >= 15 is 0 Å². The van der Waals surface area contributed by atoms with Crippen molar-refractivity contribution < 1.29 is 19.4 Å². The third-order valence-electron chi connectivity index (χ3n) is 3.08. The molecule has 1 amide bonds. The average molecular weight is 249 g/mol. The molecule has 5 nitrogen and oxygen atoms in total. The van der Waals surface area contributed by atoms with Crippen molar-refractivity contribution in [3.8, 4) is 0 Å². The standard InChI is InChI=1S/C13H15NO4/c1-9-7-11(12(15)16)14(9)13(17)18-8-10-5-3-2-4-6-10/h2-6,9,11H,7-8H2,1H3,(H,15,16)/t9-,11+/m1/s1. The van der Waals surface area contributed by atoms with Gasteiger partial charge in [0.05, 0.1) is 0 Å². The van der Waals surface area contributed by atoms with Crippen LogP contribution in [0.15, 0.2) is 30.3 Å². The molecule has 0 aromatic heterocycles. The number of likely N-dealkylation sites (tertiary alicyclic amines) is 1. The molecule has 5 heteroatoms. The maximum atomic E-state index is 11.8. The van der Waals surface area contributed by atoms with Gasteiger partial charge in [0.15, 0.2) is 0 Å². The number of ether oxygens (including phenoxy) is 1. The van der Waals surface area contributed by atoms with Crippen molar-refractivity contribution in [3.63, 3.8) is 0 Å². The van der Waals surface area contributed by atoms with E-state index in [1.54, 1.807) is 0 Å². The molecule has 2 atom stereocenters. The lowest BCUT2D eigenvalue weighted by molar-refractivity contribution is -0.149. The second kappa shape index (κ2) is 5.08. The first-order chi connectivity index (χ1) is 8.59. The molecule has 0 aliphatic carbocycles. The molecule has 96 valence electrons. The van der Waals surface area contributed by atoms with Crippen LogP contribution in [-0.2, 0) is 16.1 Å². The molecule has 1 aliphatic heterocycles. The Morgan fingerprint density at radius 2 is 2.06 bits per heavy atom. The Hall–Kier alpha value is -2.04. The smallest absolute Gasteiger partial charge is 0.411 e. The Kier molecular flexibility index (Phi) is 3.50. The van der Waals surface area contributed by atoms with Crippen molar-refractivity contribution in [1.29, 1.82) is 0 Å². The quantitative estimate of drug-likeness (QED) is 0.888. The Balaban J connectivity index is 1.90. The number of carboxylic acid groups (broad SMARTS) is 1. The summed E-state index contributed by atoms with van der Waals surface area (Å²) in [5.41, 5.74) is 0.880. The van der Waals surface area contributed by atoms with Gasteiger partial charge in [-0.25, -0.2) is 9.59 Å². The number of carbonyl (C=O) groups is 2. The lowest BCUT2D eigenvalue weighted by atomic mass is 9.95. The van der Waals surface area contributed by atoms with Gasteiger partial charge in [-0.2, -0.15) is 0 Å². The minimum atomic E-state index is -0.982. The molecule has 2 rings (SSSR count). The van der Waals surface area contributed by atoms with Gasteiger partial charge < -0.3 is 9.84 Å². The van der Waals surface area contributed by atoms with Crippen LogP contribution in [-0.4, -0.2) is 34.2 Å². The average Bonchev–Trinajstić information content (AvgIpc) is 2.34. The zero-order valence-electron chi connectivity index (χ0n) is 10.1. The first-order valence-electron chi connectivity index (χ1n) is 5.81. The Morgan fingerprint density at radius 1 is 1.39 bits per heavy atom. The molecule has 1 heterocycles. The lowest BCUT2D eigenvalue weighted by Crippen LogP contribution is -2.60. The van der Waals surface area contributed by atoms with Crippen molar-refractivity contribution in [2.45, 2.75) is 32.0 Å². The largest absolute Gasteiger partial charge is 0.480 e. The second-order valence-electron chi connectivity index (χ2n) is 4.39. The number of hydrogen-bond acceptors (Lipinski definition) is 3. The summed E-state index contributed by atoms with van der Waals surface area (Å²) in [7, 11) is 0. The van der Waals surface area contributed by atoms with Crippen LogP contribution in [0, 0.1) is 0 Å². The number of aliphatic carboxylic acids is 1. The Labute approximate surface area is 105 Å². The highest BCUT2D eigenvalue weighted by molar-refractivity contribution is 5.82. The van der Waals surface area contributed by atoms with E-state index in [1.807, 2.05) is 37.3 Å². The number of rotatable bonds is 3. The number of hydrogen-bond donors (Lipinski definition) is 1. The maximum absolute atomic E-state index is 11.8. The molecule has 0 spiro atoms. The highest BCUT2D eigenvalue weighted by atomic mass is 16.6. The fraction of sp³-hybridized carbons (Fsp3) is 0.385. The summed E-state index contributed by atoms with van der Waals surface area (Å²) in [5.74, 6) is -0.982. The van der Waals surface area contributed by atoms with Crippen molar-refractivity contribution in [3.05, 3.63) is 35.9 Å². The molecule has 18 heavy (non-hydrogen) atoms. The van der Waals surface area contributed by atoms with E-state index in [2.05, 4.69) is 0 Å². The van der Waals surface area contributed by atoms with Crippen LogP contribution in [0.3, 0.4) is 0 Å². The van der Waals surface area contributed by atoms with E-state index in [0.717, 1.165) is 5.56 Å².